The second-order valence-electron chi connectivity index (χ2n) is 4.89. The van der Waals surface area contributed by atoms with Crippen LogP contribution in [0.3, 0.4) is 0 Å². The van der Waals surface area contributed by atoms with Gasteiger partial charge in [-0.05, 0) is 12.1 Å². The molecule has 1 aromatic heterocycles. The van der Waals surface area contributed by atoms with Crippen molar-refractivity contribution in [2.45, 2.75) is 6.18 Å². The van der Waals surface area contributed by atoms with E-state index in [1.54, 1.807) is 0 Å². The molecule has 11 heteroatoms. The Bertz CT molecular complexity index is 790. The number of hydrogen-bond donors (Lipinski definition) is 0. The van der Waals surface area contributed by atoms with Crippen molar-refractivity contribution >= 4 is 11.6 Å². The molecule has 1 heterocycles. The number of rotatable bonds is 6. The summed E-state index contributed by atoms with van der Waals surface area (Å²) in [6.07, 6.45) is -1.08. The average molecular weight is 355 g/mol. The molecule has 0 aliphatic heterocycles. The normalized spacial score (nSPS) is 11.2. The number of carbonyl (C=O) groups is 1. The Kier molecular flexibility index (Phi) is 5.15. The third-order valence-electron chi connectivity index (χ3n) is 3.09. The van der Waals surface area contributed by atoms with Gasteiger partial charge < -0.3 is 4.90 Å². The lowest BCUT2D eigenvalue weighted by molar-refractivity contribution is -0.384. The van der Waals surface area contributed by atoms with Crippen LogP contribution in [-0.2, 0) is 0 Å². The molecule has 0 spiro atoms. The predicted molar refractivity (Wildman–Crippen MR) is 80.2 cm³/mol. The third kappa shape index (κ3) is 4.40. The number of carbonyl (C=O) groups excluding carboxylic acids is 1. The summed E-state index contributed by atoms with van der Waals surface area (Å²) in [5, 5.41) is 15.0. The molecular weight excluding hydrogens is 343 g/mol. The second-order valence-corrected chi connectivity index (χ2v) is 4.89. The molecule has 0 N–H and O–H groups in total. The number of aromatic nitrogens is 3. The topological polar surface area (TPSA) is 94.2 Å². The maximum Gasteiger partial charge on any atom is 0.406 e. The van der Waals surface area contributed by atoms with E-state index in [0.717, 1.165) is 23.2 Å². The lowest BCUT2D eigenvalue weighted by atomic mass is 10.1. The summed E-state index contributed by atoms with van der Waals surface area (Å²) in [5.41, 5.74) is -0.700. The van der Waals surface area contributed by atoms with Crippen LogP contribution >= 0.6 is 0 Å². The van der Waals surface area contributed by atoms with Gasteiger partial charge in [-0.25, -0.2) is 9.67 Å². The van der Waals surface area contributed by atoms with Gasteiger partial charge in [0.25, 0.3) is 11.6 Å². The summed E-state index contributed by atoms with van der Waals surface area (Å²) >= 11 is 0. The highest BCUT2D eigenvalue weighted by molar-refractivity contribution is 5.95. The van der Waals surface area contributed by atoms with Crippen LogP contribution in [0.25, 0.3) is 5.69 Å². The number of halogens is 3. The Morgan fingerprint density at radius 2 is 2.16 bits per heavy atom. The van der Waals surface area contributed by atoms with Crippen LogP contribution in [0.2, 0.25) is 0 Å². The largest absolute Gasteiger partial charge is 0.406 e. The summed E-state index contributed by atoms with van der Waals surface area (Å²) in [5.74, 6) is -0.995. The van der Waals surface area contributed by atoms with Crippen LogP contribution < -0.4 is 0 Å². The Hall–Kier alpha value is -3.24. The minimum absolute atomic E-state index is 0.0325. The van der Waals surface area contributed by atoms with E-state index in [2.05, 4.69) is 16.7 Å². The molecule has 0 unspecified atom stereocenters. The molecule has 1 amide bonds. The molecule has 25 heavy (non-hydrogen) atoms. The quantitative estimate of drug-likeness (QED) is 0.450. The molecule has 1 aromatic carbocycles. The molecule has 0 fully saturated rings. The average Bonchev–Trinajstić information content (AvgIpc) is 3.06. The van der Waals surface area contributed by atoms with Crippen molar-refractivity contribution < 1.29 is 22.9 Å². The van der Waals surface area contributed by atoms with E-state index in [1.807, 2.05) is 0 Å². The Morgan fingerprint density at radius 1 is 1.44 bits per heavy atom. The molecule has 132 valence electrons. The third-order valence-corrected chi connectivity index (χ3v) is 3.09. The molecule has 2 rings (SSSR count). The van der Waals surface area contributed by atoms with Crippen molar-refractivity contribution in [3.05, 3.63) is 59.2 Å². The van der Waals surface area contributed by atoms with E-state index in [-0.39, 0.29) is 17.8 Å². The number of hydrogen-bond acceptors (Lipinski definition) is 5. The molecule has 0 aliphatic rings. The van der Waals surface area contributed by atoms with Crippen molar-refractivity contribution in [3.63, 3.8) is 0 Å². The van der Waals surface area contributed by atoms with Gasteiger partial charge in [0.1, 0.15) is 24.9 Å². The van der Waals surface area contributed by atoms with Gasteiger partial charge in [0.2, 0.25) is 0 Å². The highest BCUT2D eigenvalue weighted by Gasteiger charge is 2.33. The lowest BCUT2D eigenvalue weighted by Gasteiger charge is -2.22. The molecule has 2 aromatic rings. The number of benzene rings is 1. The molecule has 0 saturated heterocycles. The van der Waals surface area contributed by atoms with Crippen LogP contribution in [0.4, 0.5) is 18.9 Å². The van der Waals surface area contributed by atoms with Gasteiger partial charge in [-0.15, -0.1) is 6.58 Å². The number of nitro benzene ring substituents is 1. The molecule has 0 aliphatic carbocycles. The molecular formula is C14H12F3N5O3. The second kappa shape index (κ2) is 7.11. The summed E-state index contributed by atoms with van der Waals surface area (Å²) in [7, 11) is 0. The minimum atomic E-state index is -4.61. The van der Waals surface area contributed by atoms with Crippen LogP contribution in [0, 0.1) is 10.1 Å². The summed E-state index contributed by atoms with van der Waals surface area (Å²) in [6.45, 7) is 1.47. The summed E-state index contributed by atoms with van der Waals surface area (Å²) < 4.78 is 38.9. The van der Waals surface area contributed by atoms with Gasteiger partial charge in [0, 0.05) is 18.2 Å². The van der Waals surface area contributed by atoms with Crippen LogP contribution in [0.1, 0.15) is 10.4 Å². The van der Waals surface area contributed by atoms with E-state index >= 15 is 0 Å². The van der Waals surface area contributed by atoms with E-state index in [0.29, 0.717) is 4.90 Å². The Morgan fingerprint density at radius 3 is 2.68 bits per heavy atom. The first-order valence-electron chi connectivity index (χ1n) is 6.83. The first-order chi connectivity index (χ1) is 11.7. The van der Waals surface area contributed by atoms with Crippen LogP contribution in [0.15, 0.2) is 43.5 Å². The van der Waals surface area contributed by atoms with Crippen molar-refractivity contribution in [2.75, 3.05) is 13.1 Å². The first kappa shape index (κ1) is 18.1. The van der Waals surface area contributed by atoms with Gasteiger partial charge in [0.15, 0.2) is 0 Å². The Balaban J connectivity index is 2.41. The maximum absolute atomic E-state index is 12.6. The van der Waals surface area contributed by atoms with Crippen molar-refractivity contribution in [3.8, 4) is 5.69 Å². The number of alkyl halides is 3. The highest BCUT2D eigenvalue weighted by atomic mass is 19.4. The molecule has 0 atom stereocenters. The molecule has 0 saturated carbocycles. The SMILES string of the molecule is C=CCN(CC(F)(F)F)C(=O)c1ccc(-n2cncn2)c([N+](=O)[O-])c1. The minimum Gasteiger partial charge on any atom is -0.326 e. The Labute approximate surface area is 139 Å². The fraction of sp³-hybridized carbons (Fsp3) is 0.214. The highest BCUT2D eigenvalue weighted by Crippen LogP contribution is 2.25. The summed E-state index contributed by atoms with van der Waals surface area (Å²) in [6, 6.07) is 3.32. The lowest BCUT2D eigenvalue weighted by Crippen LogP contribution is -2.39. The standard InChI is InChI=1S/C14H12F3N5O3/c1-2-5-20(7-14(15,16)17)13(23)10-3-4-11(12(6-10)22(24)25)21-9-18-8-19-21/h2-4,6,8-9H,1,5,7H2. The van der Waals surface area contributed by atoms with Crippen molar-refractivity contribution in [1.82, 2.24) is 19.7 Å². The molecule has 0 bridgehead atoms. The van der Waals surface area contributed by atoms with Gasteiger partial charge in [-0.3, -0.25) is 14.9 Å². The monoisotopic (exact) mass is 355 g/mol. The number of nitrogens with zero attached hydrogens (tertiary/aromatic N) is 5. The smallest absolute Gasteiger partial charge is 0.326 e. The van der Waals surface area contributed by atoms with Crippen molar-refractivity contribution in [1.29, 1.82) is 0 Å². The zero-order valence-corrected chi connectivity index (χ0v) is 12.7. The zero-order valence-electron chi connectivity index (χ0n) is 12.7. The number of nitro groups is 1. The van der Waals surface area contributed by atoms with Gasteiger partial charge in [-0.1, -0.05) is 6.08 Å². The van der Waals surface area contributed by atoms with Gasteiger partial charge in [0.05, 0.1) is 4.92 Å². The van der Waals surface area contributed by atoms with E-state index < -0.39 is 29.2 Å². The van der Waals surface area contributed by atoms with Crippen molar-refractivity contribution in [2.24, 2.45) is 0 Å². The van der Waals surface area contributed by atoms with E-state index in [4.69, 9.17) is 0 Å². The maximum atomic E-state index is 12.6. The van der Waals surface area contributed by atoms with E-state index in [9.17, 15) is 28.1 Å². The van der Waals surface area contributed by atoms with Gasteiger partial charge >= 0.3 is 6.18 Å². The predicted octanol–water partition coefficient (Wildman–Crippen LogP) is 2.37. The number of amides is 1. The molecule has 8 nitrogen and oxygen atoms in total. The van der Waals surface area contributed by atoms with Crippen LogP contribution in [0.5, 0.6) is 0 Å². The first-order valence-corrected chi connectivity index (χ1v) is 6.83. The van der Waals surface area contributed by atoms with Crippen LogP contribution in [-0.4, -0.2) is 49.8 Å². The van der Waals surface area contributed by atoms with Gasteiger partial charge in [-0.2, -0.15) is 18.3 Å². The van der Waals surface area contributed by atoms with E-state index in [1.165, 1.54) is 18.5 Å². The molecule has 0 radical (unpaired) electrons. The fourth-order valence-corrected chi connectivity index (χ4v) is 2.10. The zero-order chi connectivity index (χ0) is 18.6. The fourth-order valence-electron chi connectivity index (χ4n) is 2.10. The summed E-state index contributed by atoms with van der Waals surface area (Å²) in [4.78, 5) is 27.0.